The van der Waals surface area contributed by atoms with Gasteiger partial charge in [-0.15, -0.1) is 0 Å². The third-order valence-electron chi connectivity index (χ3n) is 5.55. The van der Waals surface area contributed by atoms with Crippen LogP contribution in [-0.4, -0.2) is 57.3 Å². The van der Waals surface area contributed by atoms with E-state index in [1.165, 1.54) is 33.5 Å². The predicted octanol–water partition coefficient (Wildman–Crippen LogP) is 5.56. The summed E-state index contributed by atoms with van der Waals surface area (Å²) in [6.07, 6.45) is 3.65. The topological polar surface area (TPSA) is 124 Å². The molecule has 0 aliphatic rings. The van der Waals surface area contributed by atoms with Crippen LogP contribution in [-0.2, 0) is 20.2 Å². The van der Waals surface area contributed by atoms with Gasteiger partial charge in [0, 0.05) is 0 Å². The van der Waals surface area contributed by atoms with Crippen LogP contribution in [0.5, 0.6) is 34.5 Å². The minimum Gasteiger partial charge on any atom is -0.494 e. The van der Waals surface area contributed by atoms with Crippen LogP contribution in [0.15, 0.2) is 42.5 Å². The van der Waals surface area contributed by atoms with Crippen molar-refractivity contribution < 1.29 is 44.1 Å². The van der Waals surface area contributed by atoms with Gasteiger partial charge in [-0.1, -0.05) is 43.1 Å². The van der Waals surface area contributed by atoms with Crippen molar-refractivity contribution in [2.75, 3.05) is 40.4 Å². The lowest BCUT2D eigenvalue weighted by molar-refractivity contribution is 0.288. The first kappa shape index (κ1) is 31.2. The van der Waals surface area contributed by atoms with Crippen LogP contribution in [0.25, 0.3) is 22.3 Å². The van der Waals surface area contributed by atoms with E-state index in [0.717, 1.165) is 25.4 Å². The molecule has 0 amide bonds. The molecule has 0 bridgehead atoms. The highest BCUT2D eigenvalue weighted by Gasteiger charge is 2.30. The Kier molecular flexibility index (Phi) is 10.0. The summed E-state index contributed by atoms with van der Waals surface area (Å²) in [5.74, 6) is 0.932. The zero-order valence-corrected chi connectivity index (χ0v) is 25.3. The van der Waals surface area contributed by atoms with Crippen molar-refractivity contribution in [3.05, 3.63) is 47.5 Å². The molecule has 0 saturated carbocycles. The summed E-state index contributed by atoms with van der Waals surface area (Å²) in [7, 11) is -3.59. The smallest absolute Gasteiger partial charge is 0.306 e. The summed E-state index contributed by atoms with van der Waals surface area (Å²) in [6.45, 7) is 2.55. The Morgan fingerprint density at radius 3 is 1.82 bits per heavy atom. The van der Waals surface area contributed by atoms with Crippen molar-refractivity contribution in [1.82, 2.24) is 0 Å². The van der Waals surface area contributed by atoms with Crippen molar-refractivity contribution in [2.24, 2.45) is 0 Å². The average molecular weight is 615 g/mol. The molecule has 0 fully saturated rings. The number of hydrogen-bond acceptors (Lipinski definition) is 10. The number of unbranched alkanes of at least 4 members (excludes halogenated alkanes) is 1. The molecule has 40 heavy (non-hydrogen) atoms. The second kappa shape index (κ2) is 12.9. The van der Waals surface area contributed by atoms with Gasteiger partial charge in [-0.3, -0.25) is 0 Å². The Bertz CT molecular complexity index is 1570. The summed E-state index contributed by atoms with van der Waals surface area (Å²) in [5, 5.41) is 0.0919. The molecule has 0 radical (unpaired) electrons. The summed E-state index contributed by atoms with van der Waals surface area (Å²) in [5.41, 5.74) is 1.36. The molecule has 0 heterocycles. The van der Waals surface area contributed by atoms with Gasteiger partial charge in [0.05, 0.1) is 56.6 Å². The van der Waals surface area contributed by atoms with Gasteiger partial charge in [0.1, 0.15) is 11.5 Å². The maximum Gasteiger partial charge on any atom is 0.306 e. The molecule has 0 aliphatic carbocycles. The number of hydrogen-bond donors (Lipinski definition) is 0. The molecule has 0 N–H and O–H groups in total. The SMILES string of the molecule is CCCCOc1ccc(-c2c(OC)c(Cl)c(-c3ccc(OS(C)(=O)=O)cc3)c(OC)c2OS(C)(=O)=O)cc1OC. The van der Waals surface area contributed by atoms with Crippen LogP contribution in [0.4, 0.5) is 0 Å². The lowest BCUT2D eigenvalue weighted by Crippen LogP contribution is -2.10. The molecule has 218 valence electrons. The Labute approximate surface area is 239 Å². The van der Waals surface area contributed by atoms with E-state index in [2.05, 4.69) is 6.92 Å². The first-order valence-corrected chi connectivity index (χ1v) is 16.0. The quantitative estimate of drug-likeness (QED) is 0.179. The molecule has 0 atom stereocenters. The lowest BCUT2D eigenvalue weighted by Gasteiger charge is -2.23. The number of ether oxygens (including phenoxy) is 4. The Morgan fingerprint density at radius 1 is 0.700 bits per heavy atom. The van der Waals surface area contributed by atoms with E-state index in [1.807, 2.05) is 0 Å². The third kappa shape index (κ3) is 7.43. The lowest BCUT2D eigenvalue weighted by atomic mass is 9.96. The van der Waals surface area contributed by atoms with Crippen LogP contribution in [0.3, 0.4) is 0 Å². The van der Waals surface area contributed by atoms with E-state index >= 15 is 0 Å². The first-order chi connectivity index (χ1) is 18.8. The molecule has 0 saturated heterocycles. The van der Waals surface area contributed by atoms with Crippen molar-refractivity contribution in [3.63, 3.8) is 0 Å². The van der Waals surface area contributed by atoms with E-state index in [4.69, 9.17) is 38.9 Å². The number of benzene rings is 3. The number of rotatable bonds is 13. The molecular formula is C27H31ClO10S2. The maximum atomic E-state index is 12.4. The zero-order chi connectivity index (χ0) is 29.7. The van der Waals surface area contributed by atoms with Gasteiger partial charge in [-0.25, -0.2) is 0 Å². The Hall–Kier alpha value is -3.35. The highest BCUT2D eigenvalue weighted by atomic mass is 35.5. The van der Waals surface area contributed by atoms with E-state index < -0.39 is 20.2 Å². The molecule has 0 unspecified atom stereocenters. The summed E-state index contributed by atoms with van der Waals surface area (Å²) in [6, 6.07) is 11.0. The second-order valence-corrected chi connectivity index (χ2v) is 12.2. The van der Waals surface area contributed by atoms with Gasteiger partial charge in [-0.2, -0.15) is 16.8 Å². The molecular weight excluding hydrogens is 584 g/mol. The third-order valence-corrected chi connectivity index (χ3v) is 6.87. The number of halogens is 1. The van der Waals surface area contributed by atoms with Gasteiger partial charge >= 0.3 is 20.2 Å². The van der Waals surface area contributed by atoms with Crippen molar-refractivity contribution in [1.29, 1.82) is 0 Å². The summed E-state index contributed by atoms with van der Waals surface area (Å²) >= 11 is 6.87. The second-order valence-electron chi connectivity index (χ2n) is 8.63. The predicted molar refractivity (Wildman–Crippen MR) is 153 cm³/mol. The van der Waals surface area contributed by atoms with E-state index in [1.54, 1.807) is 30.3 Å². The molecule has 3 aromatic rings. The van der Waals surface area contributed by atoms with Gasteiger partial charge in [0.25, 0.3) is 0 Å². The average Bonchev–Trinajstić information content (AvgIpc) is 2.88. The summed E-state index contributed by atoms with van der Waals surface area (Å²) < 4.78 is 80.9. The van der Waals surface area contributed by atoms with Crippen LogP contribution in [0, 0.1) is 0 Å². The van der Waals surface area contributed by atoms with Crippen LogP contribution >= 0.6 is 11.6 Å². The highest BCUT2D eigenvalue weighted by Crippen LogP contribution is 2.56. The number of methoxy groups -OCH3 is 3. The molecule has 13 heteroatoms. The van der Waals surface area contributed by atoms with E-state index in [-0.39, 0.29) is 39.1 Å². The van der Waals surface area contributed by atoms with Crippen LogP contribution in [0.2, 0.25) is 5.02 Å². The maximum absolute atomic E-state index is 12.4. The van der Waals surface area contributed by atoms with Gasteiger partial charge in [0.15, 0.2) is 23.0 Å². The molecule has 0 aliphatic heterocycles. The van der Waals surface area contributed by atoms with Gasteiger partial charge in [0.2, 0.25) is 0 Å². The fourth-order valence-corrected chi connectivity index (χ4v) is 5.20. The fraction of sp³-hybridized carbons (Fsp3) is 0.333. The molecule has 3 aromatic carbocycles. The monoisotopic (exact) mass is 614 g/mol. The van der Waals surface area contributed by atoms with Crippen molar-refractivity contribution >= 4 is 31.8 Å². The Morgan fingerprint density at radius 2 is 1.30 bits per heavy atom. The van der Waals surface area contributed by atoms with E-state index in [9.17, 15) is 16.8 Å². The largest absolute Gasteiger partial charge is 0.494 e. The molecule has 0 spiro atoms. The van der Waals surface area contributed by atoms with Crippen molar-refractivity contribution in [3.8, 4) is 56.8 Å². The standard InChI is InChI=1S/C27H31ClO10S2/c1-7-8-15-36-20-14-11-18(16-21(20)33-2)23-25(34-3)24(28)22(26(35-4)27(23)38-40(6,31)32)17-9-12-19(13-10-17)37-39(5,29)30/h9-14,16H,7-8,15H2,1-6H3. The van der Waals surface area contributed by atoms with Gasteiger partial charge in [-0.05, 0) is 41.8 Å². The summed E-state index contributed by atoms with van der Waals surface area (Å²) in [4.78, 5) is 0. The van der Waals surface area contributed by atoms with Crippen LogP contribution in [0.1, 0.15) is 19.8 Å². The fourth-order valence-electron chi connectivity index (χ4n) is 3.91. The van der Waals surface area contributed by atoms with Gasteiger partial charge < -0.3 is 27.3 Å². The molecule has 0 aromatic heterocycles. The zero-order valence-electron chi connectivity index (χ0n) is 22.9. The first-order valence-electron chi connectivity index (χ1n) is 12.0. The van der Waals surface area contributed by atoms with Crippen LogP contribution < -0.4 is 27.3 Å². The van der Waals surface area contributed by atoms with E-state index in [0.29, 0.717) is 29.2 Å². The minimum absolute atomic E-state index is 0.00486. The Balaban J connectivity index is 2.31. The normalized spacial score (nSPS) is 11.6. The molecule has 10 nitrogen and oxygen atoms in total. The van der Waals surface area contributed by atoms with Crippen molar-refractivity contribution in [2.45, 2.75) is 19.8 Å². The minimum atomic E-state index is -4.06. The highest BCUT2D eigenvalue weighted by molar-refractivity contribution is 7.86. The molecule has 3 rings (SSSR count).